The largest absolute Gasteiger partial charge is 0.453 e. The average molecular weight is 912 g/mol. The molecule has 15 aromatic rings. The van der Waals surface area contributed by atoms with Gasteiger partial charge in [0.2, 0.25) is 0 Å². The molecule has 0 radical (unpaired) electrons. The minimum Gasteiger partial charge on any atom is -0.453 e. The second kappa shape index (κ2) is 15.2. The Morgan fingerprint density at radius 3 is 1.59 bits per heavy atom. The lowest BCUT2D eigenvalue weighted by atomic mass is 10.00. The van der Waals surface area contributed by atoms with Gasteiger partial charge in [-0.2, -0.15) is 0 Å². The smallest absolute Gasteiger partial charge is 0.165 e. The monoisotopic (exact) mass is 911 g/mol. The summed E-state index contributed by atoms with van der Waals surface area (Å²) in [4.78, 5) is 15.3. The Labute approximate surface area is 404 Å². The molecule has 5 heterocycles. The van der Waals surface area contributed by atoms with Gasteiger partial charge in [0, 0.05) is 75.7 Å². The lowest BCUT2D eigenvalue weighted by Crippen LogP contribution is -2.00. The van der Waals surface area contributed by atoms with Crippen molar-refractivity contribution in [2.24, 2.45) is 0 Å². The van der Waals surface area contributed by atoms with Crippen LogP contribution in [0.3, 0.4) is 0 Å². The van der Waals surface area contributed by atoms with Crippen LogP contribution in [0.25, 0.3) is 142 Å². The van der Waals surface area contributed by atoms with E-state index in [0.717, 1.165) is 87.9 Å². The summed E-state index contributed by atoms with van der Waals surface area (Å²) in [6.45, 7) is 0. The minimum absolute atomic E-state index is 0.647. The van der Waals surface area contributed by atoms with Crippen molar-refractivity contribution in [2.75, 3.05) is 0 Å². The molecular formula is C63H37N5OS. The number of hydrogen-bond acceptors (Lipinski definition) is 5. The third-order valence-electron chi connectivity index (χ3n) is 14.0. The first kappa shape index (κ1) is 38.9. The van der Waals surface area contributed by atoms with Crippen LogP contribution < -0.4 is 0 Å². The van der Waals surface area contributed by atoms with Gasteiger partial charge in [0.25, 0.3) is 0 Å². The Morgan fingerprint density at radius 2 is 0.857 bits per heavy atom. The Morgan fingerprint density at radius 1 is 0.329 bits per heavy atom. The molecule has 0 bridgehead atoms. The number of rotatable bonds is 6. The average Bonchev–Trinajstić information content (AvgIpc) is 4.19. The van der Waals surface area contributed by atoms with Crippen molar-refractivity contribution < 1.29 is 4.42 Å². The molecule has 5 aromatic heterocycles. The van der Waals surface area contributed by atoms with Crippen molar-refractivity contribution in [1.29, 1.82) is 0 Å². The van der Waals surface area contributed by atoms with E-state index in [1.165, 1.54) is 37.0 Å². The molecule has 0 fully saturated rings. The highest BCUT2D eigenvalue weighted by Gasteiger charge is 2.23. The molecule has 0 aliphatic rings. The summed E-state index contributed by atoms with van der Waals surface area (Å²) in [5, 5.41) is 9.31. The van der Waals surface area contributed by atoms with E-state index in [1.54, 1.807) is 11.3 Å². The maximum atomic E-state index is 7.16. The Hall–Kier alpha value is -9.17. The van der Waals surface area contributed by atoms with Gasteiger partial charge in [0.05, 0.1) is 32.5 Å². The zero-order chi connectivity index (χ0) is 45.9. The molecule has 0 saturated carbocycles. The van der Waals surface area contributed by atoms with Crippen LogP contribution in [-0.2, 0) is 0 Å². The van der Waals surface area contributed by atoms with Gasteiger partial charge >= 0.3 is 0 Å². The quantitative estimate of drug-likeness (QED) is 0.167. The van der Waals surface area contributed by atoms with E-state index in [4.69, 9.17) is 19.4 Å². The summed E-state index contributed by atoms with van der Waals surface area (Å²) < 4.78 is 14.3. The second-order valence-corrected chi connectivity index (χ2v) is 18.9. The van der Waals surface area contributed by atoms with E-state index in [2.05, 4.69) is 197 Å². The van der Waals surface area contributed by atoms with E-state index < -0.39 is 0 Å². The molecule has 6 nitrogen and oxygen atoms in total. The van der Waals surface area contributed by atoms with Crippen LogP contribution in [0.5, 0.6) is 0 Å². The van der Waals surface area contributed by atoms with Crippen molar-refractivity contribution >= 4 is 97.1 Å². The number of nitrogens with zero attached hydrogens (tertiary/aromatic N) is 5. The SMILES string of the molecule is c1ccc(-c2nc(-c3ccccc3)nc(-c3cccc4c3sc3c(-n5c6ccccc6c6cc(-c7cccc8c7oc7c8ccc8c9ccccc9n(-c9ccccc9)c87)ccc65)cccc34)n2)cc1. The summed E-state index contributed by atoms with van der Waals surface area (Å²) >= 11 is 1.80. The molecule has 7 heteroatoms. The minimum atomic E-state index is 0.647. The van der Waals surface area contributed by atoms with E-state index in [9.17, 15) is 0 Å². The van der Waals surface area contributed by atoms with Gasteiger partial charge in [0.15, 0.2) is 23.1 Å². The first-order chi connectivity index (χ1) is 34.7. The van der Waals surface area contributed by atoms with Gasteiger partial charge in [0.1, 0.15) is 5.58 Å². The fraction of sp³-hybridized carbons (Fsp3) is 0. The number of benzene rings is 10. The number of hydrogen-bond donors (Lipinski definition) is 0. The predicted molar refractivity (Wildman–Crippen MR) is 290 cm³/mol. The fourth-order valence-electron chi connectivity index (χ4n) is 10.9. The van der Waals surface area contributed by atoms with Gasteiger partial charge in [-0.1, -0.05) is 170 Å². The summed E-state index contributed by atoms with van der Waals surface area (Å²) in [7, 11) is 0. The van der Waals surface area contributed by atoms with Gasteiger partial charge in [-0.25, -0.2) is 15.0 Å². The summed E-state index contributed by atoms with van der Waals surface area (Å²) in [6.07, 6.45) is 0. The van der Waals surface area contributed by atoms with Crippen LogP contribution in [0.1, 0.15) is 0 Å². The first-order valence-corrected chi connectivity index (χ1v) is 24.3. The highest BCUT2D eigenvalue weighted by Crippen LogP contribution is 2.46. The molecule has 0 aliphatic carbocycles. The van der Waals surface area contributed by atoms with E-state index in [-0.39, 0.29) is 0 Å². The third-order valence-corrected chi connectivity index (χ3v) is 15.3. The van der Waals surface area contributed by atoms with Crippen LogP contribution in [0.4, 0.5) is 0 Å². The second-order valence-electron chi connectivity index (χ2n) is 17.9. The van der Waals surface area contributed by atoms with Crippen LogP contribution in [-0.4, -0.2) is 24.1 Å². The van der Waals surface area contributed by atoms with E-state index in [0.29, 0.717) is 17.5 Å². The Bertz CT molecular complexity index is 4530. The van der Waals surface area contributed by atoms with Gasteiger partial charge in [-0.3, -0.25) is 0 Å². The summed E-state index contributed by atoms with van der Waals surface area (Å²) in [5.41, 5.74) is 13.6. The van der Waals surface area contributed by atoms with Crippen LogP contribution in [0, 0.1) is 0 Å². The Kier molecular flexibility index (Phi) is 8.43. The summed E-state index contributed by atoms with van der Waals surface area (Å²) in [5.74, 6) is 1.94. The molecular weight excluding hydrogens is 875 g/mol. The standard InChI is InChI=1S/C63H37N5OS/c1-4-17-38(18-5-1)61-64-62(39-19-6-2-7-20-39)66-63(65-61)50-29-15-27-48-49-28-16-32-55(60(49)70-59(48)50)68-53-31-13-11-24-44(53)51-37-40(33-36-54(51)68)42-25-14-26-46-47-35-34-45-43-23-10-12-30-52(43)67(41-21-8-3-9-22-41)56(45)58(47)69-57(42)46/h1-37H. The molecule has 10 aromatic carbocycles. The zero-order valence-corrected chi connectivity index (χ0v) is 38.2. The lowest BCUT2D eigenvalue weighted by Gasteiger charge is -2.10. The topological polar surface area (TPSA) is 61.7 Å². The van der Waals surface area contributed by atoms with E-state index >= 15 is 0 Å². The number of fused-ring (bicyclic) bond motifs is 13. The molecule has 0 unspecified atom stereocenters. The first-order valence-electron chi connectivity index (χ1n) is 23.5. The van der Waals surface area contributed by atoms with Gasteiger partial charge < -0.3 is 13.6 Å². The normalized spacial score (nSPS) is 12.0. The van der Waals surface area contributed by atoms with Crippen molar-refractivity contribution in [2.45, 2.75) is 0 Å². The predicted octanol–water partition coefficient (Wildman–Crippen LogP) is 17.0. The van der Waals surface area contributed by atoms with Crippen LogP contribution in [0.2, 0.25) is 0 Å². The zero-order valence-electron chi connectivity index (χ0n) is 37.4. The van der Waals surface area contributed by atoms with Gasteiger partial charge in [-0.05, 0) is 60.2 Å². The number of aromatic nitrogens is 5. The highest BCUT2D eigenvalue weighted by atomic mass is 32.1. The molecule has 15 rings (SSSR count). The molecule has 0 N–H and O–H groups in total. The van der Waals surface area contributed by atoms with Crippen molar-refractivity contribution in [3.05, 3.63) is 224 Å². The number of furan rings is 1. The fourth-order valence-corrected chi connectivity index (χ4v) is 12.2. The molecule has 0 atom stereocenters. The molecule has 0 saturated heterocycles. The molecule has 326 valence electrons. The maximum Gasteiger partial charge on any atom is 0.165 e. The molecule has 0 spiro atoms. The van der Waals surface area contributed by atoms with Gasteiger partial charge in [-0.15, -0.1) is 11.3 Å². The van der Waals surface area contributed by atoms with Crippen molar-refractivity contribution in [1.82, 2.24) is 24.1 Å². The van der Waals surface area contributed by atoms with Crippen molar-refractivity contribution in [3.63, 3.8) is 0 Å². The number of para-hydroxylation sites is 4. The summed E-state index contributed by atoms with van der Waals surface area (Å²) in [6, 6.07) is 79.5. The Balaban J connectivity index is 0.910. The van der Waals surface area contributed by atoms with Crippen LogP contribution in [0.15, 0.2) is 229 Å². The molecule has 70 heavy (non-hydrogen) atoms. The lowest BCUT2D eigenvalue weighted by molar-refractivity contribution is 0.672. The van der Waals surface area contributed by atoms with Crippen molar-refractivity contribution in [3.8, 4) is 56.7 Å². The molecule has 0 aliphatic heterocycles. The maximum absolute atomic E-state index is 7.16. The molecule has 0 amide bonds. The highest BCUT2D eigenvalue weighted by molar-refractivity contribution is 7.26. The number of thiophene rings is 1. The third kappa shape index (κ3) is 5.76. The van der Waals surface area contributed by atoms with E-state index in [1.807, 2.05) is 36.4 Å². The van der Waals surface area contributed by atoms with Crippen LogP contribution >= 0.6 is 11.3 Å².